The minimum absolute atomic E-state index is 0.0984. The summed E-state index contributed by atoms with van der Waals surface area (Å²) >= 11 is 15.4. The molecule has 0 aliphatic carbocycles. The zero-order chi connectivity index (χ0) is 20.8. The second-order valence-electron chi connectivity index (χ2n) is 5.90. The highest BCUT2D eigenvalue weighted by molar-refractivity contribution is 7.99. The number of carbonyl (C=O) groups excluding carboxylic acids is 2. The van der Waals surface area contributed by atoms with Crippen molar-refractivity contribution in [2.24, 2.45) is 4.99 Å². The van der Waals surface area contributed by atoms with E-state index in [-0.39, 0.29) is 25.5 Å². The zero-order valence-corrected chi connectivity index (χ0v) is 18.7. The lowest BCUT2D eigenvalue weighted by Gasteiger charge is -2.07. The average Bonchev–Trinajstić information content (AvgIpc) is 3.03. The van der Waals surface area contributed by atoms with Gasteiger partial charge in [0.2, 0.25) is 5.91 Å². The molecular formula is C20H18Cl2N2O3S2. The summed E-state index contributed by atoms with van der Waals surface area (Å²) in [7, 11) is 0. The average molecular weight is 469 g/mol. The number of thioether (sulfide) groups is 1. The first kappa shape index (κ1) is 21.9. The fourth-order valence-electron chi connectivity index (χ4n) is 2.61. The van der Waals surface area contributed by atoms with E-state index in [9.17, 15) is 9.59 Å². The van der Waals surface area contributed by atoms with E-state index < -0.39 is 5.97 Å². The second kappa shape index (κ2) is 10.3. The first-order chi connectivity index (χ1) is 14.0. The van der Waals surface area contributed by atoms with E-state index in [1.165, 1.54) is 11.3 Å². The number of fused-ring (bicyclic) bond motifs is 1. The molecule has 0 N–H and O–H groups in total. The number of aromatic nitrogens is 1. The molecule has 0 saturated heterocycles. The molecular weight excluding hydrogens is 451 g/mol. The monoisotopic (exact) mass is 468 g/mol. The van der Waals surface area contributed by atoms with Gasteiger partial charge in [-0.15, -0.1) is 11.8 Å². The van der Waals surface area contributed by atoms with Crippen LogP contribution in [0.25, 0.3) is 10.2 Å². The summed E-state index contributed by atoms with van der Waals surface area (Å²) < 4.78 is 7.42. The number of hydrogen-bond acceptors (Lipinski definition) is 5. The van der Waals surface area contributed by atoms with Crippen LogP contribution in [0.2, 0.25) is 10.0 Å². The Balaban J connectivity index is 1.87. The van der Waals surface area contributed by atoms with Gasteiger partial charge in [0.25, 0.3) is 0 Å². The molecule has 0 radical (unpaired) electrons. The van der Waals surface area contributed by atoms with Crippen molar-refractivity contribution in [1.82, 2.24) is 4.57 Å². The molecule has 1 amide bonds. The minimum atomic E-state index is -0.434. The van der Waals surface area contributed by atoms with Crippen LogP contribution in [0, 0.1) is 0 Å². The number of benzene rings is 2. The van der Waals surface area contributed by atoms with Gasteiger partial charge in [-0.1, -0.05) is 52.7 Å². The first-order valence-corrected chi connectivity index (χ1v) is 11.4. The van der Waals surface area contributed by atoms with Crippen molar-refractivity contribution in [1.29, 1.82) is 0 Å². The fourth-order valence-corrected chi connectivity index (χ4v) is 5.00. The lowest BCUT2D eigenvalue weighted by molar-refractivity contribution is -0.143. The summed E-state index contributed by atoms with van der Waals surface area (Å²) in [6.07, 6.45) is 0.279. The van der Waals surface area contributed by atoms with Crippen LogP contribution < -0.4 is 4.80 Å². The number of carbonyl (C=O) groups is 2. The van der Waals surface area contributed by atoms with Gasteiger partial charge in [0.05, 0.1) is 26.9 Å². The molecule has 0 unspecified atom stereocenters. The molecule has 3 aromatic rings. The van der Waals surface area contributed by atoms with Crippen molar-refractivity contribution in [3.63, 3.8) is 0 Å². The van der Waals surface area contributed by atoms with E-state index >= 15 is 0 Å². The van der Waals surface area contributed by atoms with Crippen molar-refractivity contribution in [2.75, 3.05) is 12.4 Å². The molecule has 29 heavy (non-hydrogen) atoms. The number of halogens is 2. The van der Waals surface area contributed by atoms with Gasteiger partial charge in [-0.3, -0.25) is 9.59 Å². The van der Waals surface area contributed by atoms with Gasteiger partial charge in [-0.05, 0) is 31.2 Å². The van der Waals surface area contributed by atoms with Crippen LogP contribution in [-0.2, 0) is 20.9 Å². The summed E-state index contributed by atoms with van der Waals surface area (Å²) in [4.78, 5) is 30.2. The van der Waals surface area contributed by atoms with Crippen molar-refractivity contribution in [3.8, 4) is 0 Å². The minimum Gasteiger partial charge on any atom is -0.465 e. The second-order valence-corrected chi connectivity index (χ2v) is 8.86. The van der Waals surface area contributed by atoms with Crippen LogP contribution in [-0.4, -0.2) is 28.8 Å². The van der Waals surface area contributed by atoms with Crippen LogP contribution in [0.15, 0.2) is 52.4 Å². The number of hydrogen-bond donors (Lipinski definition) is 0. The Kier molecular flexibility index (Phi) is 7.77. The lowest BCUT2D eigenvalue weighted by atomic mass is 10.3. The van der Waals surface area contributed by atoms with E-state index in [1.54, 1.807) is 35.4 Å². The predicted molar refractivity (Wildman–Crippen MR) is 119 cm³/mol. The fraction of sp³-hybridized carbons (Fsp3) is 0.250. The summed E-state index contributed by atoms with van der Waals surface area (Å²) in [5, 5.41) is 0.685. The van der Waals surface area contributed by atoms with Gasteiger partial charge < -0.3 is 9.30 Å². The third-order valence-corrected chi connectivity index (χ3v) is 6.73. The molecule has 0 aliphatic heterocycles. The highest BCUT2D eigenvalue weighted by Crippen LogP contribution is 2.32. The van der Waals surface area contributed by atoms with Crippen LogP contribution in [0.1, 0.15) is 13.3 Å². The predicted octanol–water partition coefficient (Wildman–Crippen LogP) is 5.18. The van der Waals surface area contributed by atoms with Gasteiger partial charge in [0.15, 0.2) is 4.80 Å². The Bertz CT molecular complexity index is 1090. The van der Waals surface area contributed by atoms with Gasteiger partial charge >= 0.3 is 5.97 Å². The molecule has 0 saturated carbocycles. The van der Waals surface area contributed by atoms with Crippen molar-refractivity contribution < 1.29 is 14.3 Å². The molecule has 3 rings (SSSR count). The van der Waals surface area contributed by atoms with Gasteiger partial charge in [0.1, 0.15) is 6.54 Å². The standard InChI is InChI=1S/C20H18Cl2N2O3S2/c1-2-27-17(26)12-24-19-15(9-8-14(21)18(19)22)29-20(24)23-16(25)10-11-28-13-6-4-3-5-7-13/h3-9H,2,10-12H2,1H3. The molecule has 0 bridgehead atoms. The lowest BCUT2D eigenvalue weighted by Crippen LogP contribution is -2.23. The maximum Gasteiger partial charge on any atom is 0.326 e. The Hall–Kier alpha value is -1.80. The topological polar surface area (TPSA) is 60.7 Å². The molecule has 5 nitrogen and oxygen atoms in total. The highest BCUT2D eigenvalue weighted by atomic mass is 35.5. The number of amides is 1. The number of esters is 1. The summed E-state index contributed by atoms with van der Waals surface area (Å²) in [5.41, 5.74) is 0.572. The molecule has 2 aromatic carbocycles. The van der Waals surface area contributed by atoms with Crippen molar-refractivity contribution >= 4 is 68.4 Å². The quantitative estimate of drug-likeness (QED) is 0.353. The molecule has 152 valence electrons. The zero-order valence-electron chi connectivity index (χ0n) is 15.6. The Morgan fingerprint density at radius 2 is 1.93 bits per heavy atom. The SMILES string of the molecule is CCOC(=O)Cn1c(=NC(=O)CCSc2ccccc2)sc2ccc(Cl)c(Cl)c21. The van der Waals surface area contributed by atoms with Crippen LogP contribution >= 0.6 is 46.3 Å². The summed E-state index contributed by atoms with van der Waals surface area (Å²) in [6, 6.07) is 13.3. The van der Waals surface area contributed by atoms with E-state index in [0.29, 0.717) is 26.1 Å². The molecule has 0 aliphatic rings. The maximum atomic E-state index is 12.4. The van der Waals surface area contributed by atoms with Crippen LogP contribution in [0.5, 0.6) is 0 Å². The number of rotatable bonds is 7. The van der Waals surface area contributed by atoms with E-state index in [2.05, 4.69) is 4.99 Å². The summed E-state index contributed by atoms with van der Waals surface area (Å²) in [5.74, 6) is -0.0848. The van der Waals surface area contributed by atoms with Crippen LogP contribution in [0.3, 0.4) is 0 Å². The molecule has 0 spiro atoms. The molecule has 1 aromatic heterocycles. The summed E-state index contributed by atoms with van der Waals surface area (Å²) in [6.45, 7) is 1.90. The third kappa shape index (κ3) is 5.63. The molecule has 0 fully saturated rings. The van der Waals surface area contributed by atoms with Crippen LogP contribution in [0.4, 0.5) is 0 Å². The number of thiazole rings is 1. The van der Waals surface area contributed by atoms with E-state index in [1.807, 2.05) is 30.3 Å². The van der Waals surface area contributed by atoms with Gasteiger partial charge in [-0.25, -0.2) is 0 Å². The largest absolute Gasteiger partial charge is 0.465 e. The third-order valence-electron chi connectivity index (χ3n) is 3.87. The number of ether oxygens (including phenoxy) is 1. The van der Waals surface area contributed by atoms with Crippen molar-refractivity contribution in [3.05, 3.63) is 57.3 Å². The Morgan fingerprint density at radius 3 is 2.66 bits per heavy atom. The van der Waals surface area contributed by atoms with E-state index in [0.717, 1.165) is 9.60 Å². The Labute approximate surface area is 186 Å². The molecule has 1 heterocycles. The Morgan fingerprint density at radius 1 is 1.17 bits per heavy atom. The van der Waals surface area contributed by atoms with E-state index in [4.69, 9.17) is 27.9 Å². The van der Waals surface area contributed by atoms with Gasteiger partial charge in [-0.2, -0.15) is 4.99 Å². The first-order valence-electron chi connectivity index (χ1n) is 8.88. The smallest absolute Gasteiger partial charge is 0.326 e. The normalized spacial score (nSPS) is 11.8. The molecule has 9 heteroatoms. The molecule has 0 atom stereocenters. The van der Waals surface area contributed by atoms with Gasteiger partial charge in [0, 0.05) is 17.1 Å². The highest BCUT2D eigenvalue weighted by Gasteiger charge is 2.16. The number of nitrogens with zero attached hydrogens (tertiary/aromatic N) is 2. The maximum absolute atomic E-state index is 12.4. The van der Waals surface area contributed by atoms with Crippen molar-refractivity contribution in [2.45, 2.75) is 24.8 Å².